The highest BCUT2D eigenvalue weighted by atomic mass is 31.2. The molecular weight excluding hydrogens is 699 g/mol. The molecule has 6 atom stereocenters. The van der Waals surface area contributed by atoms with Gasteiger partial charge in [-0.1, -0.05) is 45.9 Å². The number of methoxy groups -OCH3 is 1. The second kappa shape index (κ2) is 16.4. The maximum atomic E-state index is 14.4. The van der Waals surface area contributed by atoms with Gasteiger partial charge in [0, 0.05) is 7.11 Å². The van der Waals surface area contributed by atoms with Gasteiger partial charge in [0.1, 0.15) is 42.4 Å². The molecule has 0 bridgehead atoms. The SMILES string of the molecule is COC(C)(C)COC(=O)[C@H](C)NP(=O)(OC[C@H]1O[C@@](C#N)(c2ccc3c(N)ncnn23)[C@H](OC(=O)C(C)C)[C@@H]1OC(=O)C(C)C)Oc1ccccc1. The third kappa shape index (κ3) is 9.06. The third-order valence-electron chi connectivity index (χ3n) is 8.07. The van der Waals surface area contributed by atoms with E-state index in [0.717, 1.165) is 0 Å². The van der Waals surface area contributed by atoms with Crippen molar-refractivity contribution >= 4 is 37.0 Å². The van der Waals surface area contributed by atoms with Crippen LogP contribution in [0.25, 0.3) is 5.52 Å². The van der Waals surface area contributed by atoms with Crippen molar-refractivity contribution in [3.8, 4) is 11.8 Å². The summed E-state index contributed by atoms with van der Waals surface area (Å²) >= 11 is 0. The average Bonchev–Trinajstić information content (AvgIpc) is 3.67. The third-order valence-corrected chi connectivity index (χ3v) is 9.71. The van der Waals surface area contributed by atoms with Gasteiger partial charge in [-0.3, -0.25) is 18.9 Å². The number of esters is 3. The minimum Gasteiger partial charge on any atom is -0.461 e. The topological polar surface area (TPSA) is 225 Å². The van der Waals surface area contributed by atoms with E-state index in [1.165, 1.54) is 43.1 Å². The average molecular weight is 745 g/mol. The molecule has 1 unspecified atom stereocenters. The van der Waals surface area contributed by atoms with E-state index in [1.54, 1.807) is 65.8 Å². The van der Waals surface area contributed by atoms with Crippen molar-refractivity contribution in [3.63, 3.8) is 0 Å². The highest BCUT2D eigenvalue weighted by Gasteiger charge is 2.63. The maximum Gasteiger partial charge on any atom is 0.459 e. The molecule has 3 heterocycles. The van der Waals surface area contributed by atoms with Crippen LogP contribution in [0.3, 0.4) is 0 Å². The molecule has 0 saturated carbocycles. The number of carbonyl (C=O) groups excluding carboxylic acids is 3. The number of nitrogens with two attached hydrogens (primary N) is 1. The summed E-state index contributed by atoms with van der Waals surface area (Å²) in [4.78, 5) is 43.2. The van der Waals surface area contributed by atoms with Crippen molar-refractivity contribution in [3.05, 3.63) is 54.5 Å². The first-order chi connectivity index (χ1) is 24.5. The zero-order valence-corrected chi connectivity index (χ0v) is 31.2. The Bertz CT molecular complexity index is 1830. The molecule has 1 aliphatic rings. The van der Waals surface area contributed by atoms with Crippen LogP contribution < -0.4 is 15.3 Å². The number of hydrogen-bond donors (Lipinski definition) is 2. The fourth-order valence-electron chi connectivity index (χ4n) is 4.94. The summed E-state index contributed by atoms with van der Waals surface area (Å²) in [7, 11) is -3.04. The molecule has 0 amide bonds. The van der Waals surface area contributed by atoms with Crippen LogP contribution in [0.1, 0.15) is 54.2 Å². The number of benzene rings is 1. The molecule has 1 saturated heterocycles. The first-order valence-electron chi connectivity index (χ1n) is 16.5. The van der Waals surface area contributed by atoms with Crippen molar-refractivity contribution in [1.29, 1.82) is 5.26 Å². The van der Waals surface area contributed by atoms with Gasteiger partial charge in [0.15, 0.2) is 18.0 Å². The van der Waals surface area contributed by atoms with Crippen molar-refractivity contribution in [2.24, 2.45) is 11.8 Å². The van der Waals surface area contributed by atoms with Crippen LogP contribution in [0.4, 0.5) is 5.82 Å². The molecule has 1 fully saturated rings. The van der Waals surface area contributed by atoms with Gasteiger partial charge in [-0.05, 0) is 45.0 Å². The largest absolute Gasteiger partial charge is 0.461 e. The number of nitriles is 1. The molecule has 0 radical (unpaired) electrons. The Morgan fingerprint density at radius 1 is 1.06 bits per heavy atom. The van der Waals surface area contributed by atoms with Gasteiger partial charge in [0.2, 0.25) is 5.60 Å². The van der Waals surface area contributed by atoms with Crippen LogP contribution in [-0.4, -0.2) is 82.8 Å². The van der Waals surface area contributed by atoms with Gasteiger partial charge in [-0.2, -0.15) is 15.4 Å². The summed E-state index contributed by atoms with van der Waals surface area (Å²) < 4.78 is 56.3. The van der Waals surface area contributed by atoms with Crippen LogP contribution in [-0.2, 0) is 52.8 Å². The monoisotopic (exact) mass is 744 g/mol. The zero-order valence-electron chi connectivity index (χ0n) is 30.3. The Balaban J connectivity index is 1.75. The predicted octanol–water partition coefficient (Wildman–Crippen LogP) is 3.71. The summed E-state index contributed by atoms with van der Waals surface area (Å²) in [6, 6.07) is 12.0. The van der Waals surface area contributed by atoms with E-state index in [4.69, 9.17) is 38.5 Å². The van der Waals surface area contributed by atoms with Crippen LogP contribution in [0.15, 0.2) is 48.8 Å². The number of para-hydroxylation sites is 1. The van der Waals surface area contributed by atoms with Crippen molar-refractivity contribution < 1.29 is 51.7 Å². The normalized spacial score (nSPS) is 22.1. The standard InChI is InChI=1S/C34H45N6O11P/c1-20(2)30(41)48-27-25(16-47-52(44,51-23-12-10-9-11-13-23)39-22(5)32(43)46-18-33(6,7)45-8)50-34(17-35,28(27)49-31(42)21(3)4)26-15-14-24-29(36)37-19-38-40(24)26/h9-15,19-22,25,27-28H,16,18H2,1-8H3,(H,39,44)(H2,36,37,38)/t22-,25+,27+,28+,34-,52?/m0/s1. The van der Waals surface area contributed by atoms with Crippen LogP contribution in [0.5, 0.6) is 5.75 Å². The summed E-state index contributed by atoms with van der Waals surface area (Å²) in [5.41, 5.74) is 3.50. The Hall–Kier alpha value is -4.59. The number of nitrogen functional groups attached to an aromatic ring is 1. The fourth-order valence-corrected chi connectivity index (χ4v) is 6.44. The molecule has 1 aromatic carbocycles. The van der Waals surface area contributed by atoms with Gasteiger partial charge >= 0.3 is 25.7 Å². The molecule has 4 rings (SSSR count). The highest BCUT2D eigenvalue weighted by Crippen LogP contribution is 2.48. The van der Waals surface area contributed by atoms with Crippen LogP contribution >= 0.6 is 7.75 Å². The number of ether oxygens (including phenoxy) is 5. The Kier molecular flexibility index (Phi) is 12.7. The lowest BCUT2D eigenvalue weighted by Gasteiger charge is -2.29. The lowest BCUT2D eigenvalue weighted by molar-refractivity contribution is -0.173. The molecule has 3 N–H and O–H groups in total. The van der Waals surface area contributed by atoms with E-state index in [2.05, 4.69) is 21.2 Å². The number of nitrogens with zero attached hydrogens (tertiary/aromatic N) is 4. The van der Waals surface area contributed by atoms with E-state index >= 15 is 0 Å². The number of aromatic nitrogens is 3. The summed E-state index contributed by atoms with van der Waals surface area (Å²) in [5.74, 6) is -3.30. The quantitative estimate of drug-likeness (QED) is 0.121. The summed E-state index contributed by atoms with van der Waals surface area (Å²) in [6.07, 6.45) is -3.30. The minimum atomic E-state index is -4.51. The molecule has 3 aromatic rings. The van der Waals surface area contributed by atoms with E-state index in [0.29, 0.717) is 5.52 Å². The summed E-state index contributed by atoms with van der Waals surface area (Å²) in [6.45, 7) is 10.5. The predicted molar refractivity (Wildman–Crippen MR) is 184 cm³/mol. The number of anilines is 1. The molecule has 282 valence electrons. The van der Waals surface area contributed by atoms with E-state index in [1.807, 2.05) is 0 Å². The van der Waals surface area contributed by atoms with Gasteiger partial charge < -0.3 is 33.9 Å². The fraction of sp³-hybridized carbons (Fsp3) is 0.529. The second-order valence-electron chi connectivity index (χ2n) is 13.4. The number of nitrogens with one attached hydrogen (secondary N) is 1. The second-order valence-corrected chi connectivity index (χ2v) is 15.0. The maximum absolute atomic E-state index is 14.4. The lowest BCUT2D eigenvalue weighted by atomic mass is 9.92. The zero-order chi connectivity index (χ0) is 38.4. The van der Waals surface area contributed by atoms with E-state index in [-0.39, 0.29) is 23.9 Å². The van der Waals surface area contributed by atoms with Crippen molar-refractivity contribution in [2.75, 3.05) is 26.1 Å². The molecule has 18 heteroatoms. The molecule has 0 spiro atoms. The molecule has 0 aliphatic carbocycles. The molecule has 17 nitrogen and oxygen atoms in total. The van der Waals surface area contributed by atoms with Crippen molar-refractivity contribution in [1.82, 2.24) is 19.7 Å². The molecule has 52 heavy (non-hydrogen) atoms. The van der Waals surface area contributed by atoms with E-state index < -0.39 is 79.7 Å². The molecule has 1 aliphatic heterocycles. The molecular formula is C34H45N6O11P. The van der Waals surface area contributed by atoms with E-state index in [9.17, 15) is 24.2 Å². The Morgan fingerprint density at radius 3 is 2.33 bits per heavy atom. The van der Waals surface area contributed by atoms with Gasteiger partial charge in [0.25, 0.3) is 0 Å². The smallest absolute Gasteiger partial charge is 0.459 e. The van der Waals surface area contributed by atoms with Gasteiger partial charge in [0.05, 0.1) is 29.7 Å². The summed E-state index contributed by atoms with van der Waals surface area (Å²) in [5, 5.41) is 17.7. The Labute approximate surface area is 301 Å². The number of rotatable bonds is 16. The van der Waals surface area contributed by atoms with Gasteiger partial charge in [-0.15, -0.1) is 0 Å². The molecule has 2 aromatic heterocycles. The highest BCUT2D eigenvalue weighted by molar-refractivity contribution is 7.52. The number of carbonyl (C=O) groups is 3. The Morgan fingerprint density at radius 2 is 1.71 bits per heavy atom. The van der Waals surface area contributed by atoms with Crippen molar-refractivity contribution in [2.45, 2.75) is 84.0 Å². The number of fused-ring (bicyclic) bond motifs is 1. The minimum absolute atomic E-state index is 0.0749. The van der Waals surface area contributed by atoms with Crippen LogP contribution in [0, 0.1) is 23.2 Å². The lowest BCUT2D eigenvalue weighted by Crippen LogP contribution is -2.47. The number of hydrogen-bond acceptors (Lipinski definition) is 15. The first-order valence-corrected chi connectivity index (χ1v) is 18.1. The van der Waals surface area contributed by atoms with Crippen LogP contribution in [0.2, 0.25) is 0 Å². The van der Waals surface area contributed by atoms with Gasteiger partial charge in [-0.25, -0.2) is 14.1 Å². The first kappa shape index (κ1) is 40.2.